The first-order valence-electron chi connectivity index (χ1n) is 10.2. The Labute approximate surface area is 176 Å². The van der Waals surface area contributed by atoms with Crippen molar-refractivity contribution in [2.24, 2.45) is 11.8 Å². The summed E-state index contributed by atoms with van der Waals surface area (Å²) >= 11 is 0. The molecule has 2 aromatic carbocycles. The zero-order valence-corrected chi connectivity index (χ0v) is 16.8. The van der Waals surface area contributed by atoms with E-state index in [1.807, 2.05) is 60.7 Å². The highest BCUT2D eigenvalue weighted by atomic mass is 16.2. The molecular weight excluding hydrogens is 374 g/mol. The van der Waals surface area contributed by atoms with Gasteiger partial charge in [-0.3, -0.25) is 19.5 Å². The highest BCUT2D eigenvalue weighted by Gasteiger charge is 2.41. The number of hydrogen-bond donors (Lipinski definition) is 1. The number of carbonyl (C=O) groups excluding carboxylic acids is 2. The second-order valence-electron chi connectivity index (χ2n) is 7.70. The van der Waals surface area contributed by atoms with Crippen LogP contribution in [0.5, 0.6) is 0 Å². The predicted molar refractivity (Wildman–Crippen MR) is 116 cm³/mol. The van der Waals surface area contributed by atoms with Crippen LogP contribution in [0.2, 0.25) is 0 Å². The molecule has 3 aromatic rings. The van der Waals surface area contributed by atoms with E-state index in [0.29, 0.717) is 25.2 Å². The van der Waals surface area contributed by atoms with Crippen molar-refractivity contribution in [1.82, 2.24) is 15.2 Å². The number of nitrogens with one attached hydrogen (secondary N) is 1. The first kappa shape index (κ1) is 20.0. The summed E-state index contributed by atoms with van der Waals surface area (Å²) in [7, 11) is 0. The van der Waals surface area contributed by atoms with Crippen LogP contribution < -0.4 is 5.32 Å². The topological polar surface area (TPSA) is 62.3 Å². The summed E-state index contributed by atoms with van der Waals surface area (Å²) in [6, 6.07) is 23.2. The van der Waals surface area contributed by atoms with Crippen molar-refractivity contribution in [1.29, 1.82) is 0 Å². The Morgan fingerprint density at radius 3 is 2.23 bits per heavy atom. The maximum Gasteiger partial charge on any atom is 0.225 e. The van der Waals surface area contributed by atoms with Crippen molar-refractivity contribution in [2.75, 3.05) is 13.1 Å². The summed E-state index contributed by atoms with van der Waals surface area (Å²) in [5, 5.41) is 3.00. The molecule has 1 aromatic heterocycles. The third-order valence-electron chi connectivity index (χ3n) is 5.57. The molecule has 0 radical (unpaired) electrons. The zero-order valence-electron chi connectivity index (χ0n) is 16.8. The van der Waals surface area contributed by atoms with E-state index < -0.39 is 0 Å². The first-order valence-corrected chi connectivity index (χ1v) is 10.2. The molecule has 1 N–H and O–H groups in total. The monoisotopic (exact) mass is 399 g/mol. The highest BCUT2D eigenvalue weighted by Crippen LogP contribution is 2.28. The summed E-state index contributed by atoms with van der Waals surface area (Å²) in [5.41, 5.74) is 2.78. The van der Waals surface area contributed by atoms with E-state index in [1.165, 1.54) is 5.56 Å². The molecule has 1 saturated heterocycles. The third kappa shape index (κ3) is 4.81. The predicted octanol–water partition coefficient (Wildman–Crippen LogP) is 3.33. The van der Waals surface area contributed by atoms with Crippen LogP contribution in [-0.2, 0) is 17.9 Å². The average Bonchev–Trinajstić information content (AvgIpc) is 3.22. The van der Waals surface area contributed by atoms with Crippen LogP contribution in [0.15, 0.2) is 85.2 Å². The Bertz CT molecular complexity index is 977. The van der Waals surface area contributed by atoms with Gasteiger partial charge < -0.3 is 5.32 Å². The van der Waals surface area contributed by atoms with Gasteiger partial charge in [0.1, 0.15) is 0 Å². The zero-order chi connectivity index (χ0) is 20.8. The largest absolute Gasteiger partial charge is 0.352 e. The van der Waals surface area contributed by atoms with E-state index in [1.54, 1.807) is 12.4 Å². The fraction of sp³-hybridized carbons (Fsp3) is 0.240. The van der Waals surface area contributed by atoms with E-state index in [-0.39, 0.29) is 23.5 Å². The molecule has 1 fully saturated rings. The second kappa shape index (κ2) is 9.46. The van der Waals surface area contributed by atoms with Crippen LogP contribution in [-0.4, -0.2) is 34.7 Å². The summed E-state index contributed by atoms with van der Waals surface area (Å²) in [5.74, 6) is -0.778. The molecule has 0 spiro atoms. The van der Waals surface area contributed by atoms with Gasteiger partial charge in [0.15, 0.2) is 5.78 Å². The molecule has 5 heteroatoms. The lowest BCUT2D eigenvalue weighted by molar-refractivity contribution is -0.125. The number of hydrogen-bond acceptors (Lipinski definition) is 4. The average molecular weight is 399 g/mol. The number of benzene rings is 2. The van der Waals surface area contributed by atoms with Crippen molar-refractivity contribution >= 4 is 11.7 Å². The number of amides is 1. The minimum absolute atomic E-state index is 0.0349. The van der Waals surface area contributed by atoms with Crippen LogP contribution in [0.4, 0.5) is 0 Å². The minimum Gasteiger partial charge on any atom is -0.352 e. The molecule has 30 heavy (non-hydrogen) atoms. The molecule has 152 valence electrons. The highest BCUT2D eigenvalue weighted by molar-refractivity contribution is 6.01. The van der Waals surface area contributed by atoms with E-state index in [2.05, 4.69) is 27.3 Å². The lowest BCUT2D eigenvalue weighted by Gasteiger charge is -2.17. The number of rotatable bonds is 7. The molecule has 0 unspecified atom stereocenters. The normalized spacial score (nSPS) is 18.8. The number of nitrogens with zero attached hydrogens (tertiary/aromatic N) is 2. The van der Waals surface area contributed by atoms with Gasteiger partial charge in [-0.1, -0.05) is 66.7 Å². The standard InChI is InChI=1S/C25H25N3O2/c29-24(21-11-5-2-6-12-21)22-17-28(16-19-8-3-1-4-9-19)18-23(22)25(30)27-15-20-10-7-13-26-14-20/h1-14,22-23H,15-18H2,(H,27,30)/t22-,23-/m0/s1. The van der Waals surface area contributed by atoms with Gasteiger partial charge >= 0.3 is 0 Å². The number of ketones is 1. The van der Waals surface area contributed by atoms with Crippen LogP contribution in [0.25, 0.3) is 0 Å². The molecule has 2 heterocycles. The van der Waals surface area contributed by atoms with E-state index in [4.69, 9.17) is 0 Å². The fourth-order valence-corrected chi connectivity index (χ4v) is 4.03. The van der Waals surface area contributed by atoms with Crippen LogP contribution in [0, 0.1) is 11.8 Å². The van der Waals surface area contributed by atoms with Crippen molar-refractivity contribution in [3.63, 3.8) is 0 Å². The Balaban J connectivity index is 1.49. The third-order valence-corrected chi connectivity index (χ3v) is 5.57. The van der Waals surface area contributed by atoms with Gasteiger partial charge in [0.2, 0.25) is 5.91 Å². The van der Waals surface area contributed by atoms with Gasteiger partial charge in [-0.25, -0.2) is 0 Å². The molecular formula is C25H25N3O2. The van der Waals surface area contributed by atoms with Crippen molar-refractivity contribution in [3.8, 4) is 0 Å². The first-order chi connectivity index (χ1) is 14.7. The molecule has 0 saturated carbocycles. The summed E-state index contributed by atoms with van der Waals surface area (Å²) in [6.07, 6.45) is 3.45. The van der Waals surface area contributed by atoms with E-state index >= 15 is 0 Å². The van der Waals surface area contributed by atoms with Gasteiger partial charge in [-0.2, -0.15) is 0 Å². The molecule has 0 aliphatic carbocycles. The minimum atomic E-state index is -0.377. The summed E-state index contributed by atoms with van der Waals surface area (Å²) < 4.78 is 0. The van der Waals surface area contributed by atoms with Crippen molar-refractivity contribution < 1.29 is 9.59 Å². The molecule has 0 bridgehead atoms. The Hall–Kier alpha value is -3.31. The summed E-state index contributed by atoms with van der Waals surface area (Å²) in [6.45, 7) is 2.28. The molecule has 1 aliphatic rings. The maximum atomic E-state index is 13.2. The Morgan fingerprint density at radius 1 is 0.867 bits per heavy atom. The summed E-state index contributed by atoms with van der Waals surface area (Å²) in [4.78, 5) is 32.6. The van der Waals surface area contributed by atoms with Gasteiger partial charge in [0, 0.05) is 50.1 Å². The maximum absolute atomic E-state index is 13.2. The lowest BCUT2D eigenvalue weighted by Crippen LogP contribution is -2.37. The molecule has 4 rings (SSSR count). The Kier molecular flexibility index (Phi) is 6.30. The Morgan fingerprint density at radius 2 is 1.53 bits per heavy atom. The van der Waals surface area contributed by atoms with Crippen LogP contribution in [0.1, 0.15) is 21.5 Å². The number of likely N-dealkylation sites (tertiary alicyclic amines) is 1. The number of carbonyl (C=O) groups is 2. The lowest BCUT2D eigenvalue weighted by atomic mass is 9.88. The molecule has 5 nitrogen and oxygen atoms in total. The number of pyridine rings is 1. The number of Topliss-reactive ketones (excluding diaryl/α,β-unsaturated/α-hetero) is 1. The second-order valence-corrected chi connectivity index (χ2v) is 7.70. The van der Waals surface area contributed by atoms with Crippen molar-refractivity contribution in [3.05, 3.63) is 102 Å². The fourth-order valence-electron chi connectivity index (χ4n) is 4.03. The van der Waals surface area contributed by atoms with E-state index in [9.17, 15) is 9.59 Å². The van der Waals surface area contributed by atoms with Gasteiger partial charge in [-0.05, 0) is 17.2 Å². The SMILES string of the molecule is O=C(NCc1cccnc1)[C@H]1CN(Cc2ccccc2)C[C@@H]1C(=O)c1ccccc1. The van der Waals surface area contributed by atoms with Gasteiger partial charge in [0.05, 0.1) is 5.92 Å². The van der Waals surface area contributed by atoms with Crippen LogP contribution in [0.3, 0.4) is 0 Å². The molecule has 1 aliphatic heterocycles. The smallest absolute Gasteiger partial charge is 0.225 e. The molecule has 1 amide bonds. The van der Waals surface area contributed by atoms with E-state index in [0.717, 1.165) is 12.1 Å². The number of aromatic nitrogens is 1. The quantitative estimate of drug-likeness (QED) is 0.619. The van der Waals surface area contributed by atoms with Gasteiger partial charge in [-0.15, -0.1) is 0 Å². The van der Waals surface area contributed by atoms with Crippen molar-refractivity contribution in [2.45, 2.75) is 13.1 Å². The molecule has 2 atom stereocenters. The van der Waals surface area contributed by atoms with Gasteiger partial charge in [0.25, 0.3) is 0 Å². The van der Waals surface area contributed by atoms with Crippen LogP contribution >= 0.6 is 0 Å².